The molecule has 0 aliphatic carbocycles. The summed E-state index contributed by atoms with van der Waals surface area (Å²) in [7, 11) is -3.33. The lowest BCUT2D eigenvalue weighted by molar-refractivity contribution is 0.318. The van der Waals surface area contributed by atoms with Gasteiger partial charge in [0.05, 0.1) is 6.61 Å². The summed E-state index contributed by atoms with van der Waals surface area (Å²) < 4.78 is 15.7. The van der Waals surface area contributed by atoms with Crippen molar-refractivity contribution in [2.75, 3.05) is 6.61 Å². The van der Waals surface area contributed by atoms with Crippen molar-refractivity contribution in [2.24, 2.45) is 11.0 Å². The quantitative estimate of drug-likeness (QED) is 0.771. The summed E-state index contributed by atoms with van der Waals surface area (Å²) in [6.07, 6.45) is 0.673. The molecule has 1 aromatic carbocycles. The highest BCUT2D eigenvalue weighted by Gasteiger charge is 2.08. The molecule has 1 aromatic rings. The van der Waals surface area contributed by atoms with Gasteiger partial charge in [-0.15, -0.1) is 0 Å². The zero-order chi connectivity index (χ0) is 11.5. The van der Waals surface area contributed by atoms with Crippen LogP contribution in [0.15, 0.2) is 18.2 Å². The summed E-state index contributed by atoms with van der Waals surface area (Å²) in [5.41, 5.74) is 13.8. The fourth-order valence-corrected chi connectivity index (χ4v) is 1.76. The van der Waals surface area contributed by atoms with Gasteiger partial charge in [0.2, 0.25) is 0 Å². The van der Waals surface area contributed by atoms with Crippen LogP contribution in [0.25, 0.3) is 0 Å². The topological polar surface area (TPSA) is 78.3 Å². The highest BCUT2D eigenvalue weighted by atomic mass is 31.2. The van der Waals surface area contributed by atoms with Crippen LogP contribution < -0.4 is 11.0 Å². The van der Waals surface area contributed by atoms with Crippen molar-refractivity contribution in [1.82, 2.24) is 0 Å². The maximum absolute atomic E-state index is 10.9. The van der Waals surface area contributed by atoms with Crippen LogP contribution in [0.2, 0.25) is 0 Å². The minimum absolute atomic E-state index is 0.286. The molecule has 0 bridgehead atoms. The Balaban J connectivity index is 2.59. The Morgan fingerprint density at radius 3 is 2.60 bits per heavy atom. The Labute approximate surface area is 90.2 Å². The summed E-state index contributed by atoms with van der Waals surface area (Å²) in [5, 5.41) is 0. The van der Waals surface area contributed by atoms with Gasteiger partial charge in [-0.2, -0.15) is 0 Å². The van der Waals surface area contributed by atoms with Gasteiger partial charge in [-0.25, -0.2) is 11.0 Å². The van der Waals surface area contributed by atoms with E-state index in [0.29, 0.717) is 6.42 Å². The molecule has 4 nitrogen and oxygen atoms in total. The van der Waals surface area contributed by atoms with E-state index in [9.17, 15) is 4.57 Å². The molecule has 0 unspecified atom stereocenters. The Kier molecular flexibility index (Phi) is 4.05. The second-order valence-electron chi connectivity index (χ2n) is 3.59. The summed E-state index contributed by atoms with van der Waals surface area (Å²) in [5.74, 6) is 0. The molecule has 0 heterocycles. The maximum atomic E-state index is 10.9. The molecular formula is C10H17N2O2P. The molecule has 0 aromatic heterocycles. The third-order valence-corrected chi connectivity index (χ3v) is 2.97. The largest absolute Gasteiger partial charge is 0.335 e. The first-order chi connectivity index (χ1) is 6.90. The third-order valence-electron chi connectivity index (χ3n) is 2.38. The van der Waals surface area contributed by atoms with Gasteiger partial charge < -0.3 is 4.52 Å². The van der Waals surface area contributed by atoms with Crippen molar-refractivity contribution in [3.8, 4) is 0 Å². The van der Waals surface area contributed by atoms with Crippen molar-refractivity contribution in [3.05, 3.63) is 34.9 Å². The smallest absolute Gasteiger partial charge is 0.306 e. The number of benzene rings is 1. The predicted molar refractivity (Wildman–Crippen MR) is 61.6 cm³/mol. The average Bonchev–Trinajstić information content (AvgIpc) is 2.10. The molecule has 0 fully saturated rings. The summed E-state index contributed by atoms with van der Waals surface area (Å²) in [6.45, 7) is 4.39. The summed E-state index contributed by atoms with van der Waals surface area (Å²) in [4.78, 5) is 0. The van der Waals surface area contributed by atoms with Crippen LogP contribution in [0.4, 0.5) is 0 Å². The number of hydrogen-bond donors (Lipinski definition) is 2. The van der Waals surface area contributed by atoms with Crippen molar-refractivity contribution in [2.45, 2.75) is 20.3 Å². The molecule has 84 valence electrons. The lowest BCUT2D eigenvalue weighted by Crippen LogP contribution is -2.10. The lowest BCUT2D eigenvalue weighted by atomic mass is 10.0. The van der Waals surface area contributed by atoms with E-state index in [1.54, 1.807) is 0 Å². The second-order valence-corrected chi connectivity index (χ2v) is 5.14. The molecule has 0 saturated heterocycles. The average molecular weight is 228 g/mol. The normalized spacial score (nSPS) is 11.7. The van der Waals surface area contributed by atoms with Gasteiger partial charge in [0.25, 0.3) is 0 Å². The van der Waals surface area contributed by atoms with Gasteiger partial charge >= 0.3 is 7.67 Å². The van der Waals surface area contributed by atoms with E-state index in [-0.39, 0.29) is 6.61 Å². The van der Waals surface area contributed by atoms with Crippen molar-refractivity contribution in [1.29, 1.82) is 0 Å². The van der Waals surface area contributed by atoms with E-state index in [4.69, 9.17) is 15.5 Å². The molecule has 4 N–H and O–H groups in total. The van der Waals surface area contributed by atoms with E-state index in [1.807, 2.05) is 12.1 Å². The monoisotopic (exact) mass is 228 g/mol. The molecule has 0 atom stereocenters. The van der Waals surface area contributed by atoms with Crippen molar-refractivity contribution < 1.29 is 9.09 Å². The molecule has 0 spiro atoms. The maximum Gasteiger partial charge on any atom is 0.335 e. The predicted octanol–water partition coefficient (Wildman–Crippen LogP) is 1.89. The molecule has 1 rings (SSSR count). The zero-order valence-electron chi connectivity index (χ0n) is 9.06. The molecule has 0 aliphatic rings. The first-order valence-corrected chi connectivity index (χ1v) is 6.53. The van der Waals surface area contributed by atoms with Crippen LogP contribution in [0.5, 0.6) is 0 Å². The van der Waals surface area contributed by atoms with Crippen LogP contribution in [-0.2, 0) is 15.5 Å². The number of hydrogen-bond acceptors (Lipinski definition) is 2. The van der Waals surface area contributed by atoms with Crippen LogP contribution >= 0.6 is 7.67 Å². The fourth-order valence-electron chi connectivity index (χ4n) is 1.38. The number of nitrogens with two attached hydrogens (primary N) is 2. The lowest BCUT2D eigenvalue weighted by Gasteiger charge is -2.10. The van der Waals surface area contributed by atoms with Gasteiger partial charge in [0.15, 0.2) is 0 Å². The highest BCUT2D eigenvalue weighted by molar-refractivity contribution is 7.53. The molecule has 0 radical (unpaired) electrons. The molecule has 0 saturated carbocycles. The first kappa shape index (κ1) is 12.4. The SMILES string of the molecule is Cc1cccc(CCOP(N)(N)=O)c1C. The van der Waals surface area contributed by atoms with Crippen LogP contribution in [0.3, 0.4) is 0 Å². The highest BCUT2D eigenvalue weighted by Crippen LogP contribution is 2.26. The Morgan fingerprint density at radius 1 is 1.33 bits per heavy atom. The molecule has 0 aliphatic heterocycles. The van der Waals surface area contributed by atoms with Crippen LogP contribution in [0.1, 0.15) is 16.7 Å². The van der Waals surface area contributed by atoms with Crippen molar-refractivity contribution in [3.63, 3.8) is 0 Å². The second kappa shape index (κ2) is 4.90. The van der Waals surface area contributed by atoms with E-state index < -0.39 is 7.67 Å². The summed E-state index contributed by atoms with van der Waals surface area (Å²) in [6, 6.07) is 6.06. The minimum Gasteiger partial charge on any atom is -0.306 e. The first-order valence-electron chi connectivity index (χ1n) is 4.77. The van der Waals surface area contributed by atoms with Gasteiger partial charge in [-0.05, 0) is 37.0 Å². The van der Waals surface area contributed by atoms with Gasteiger partial charge in [-0.1, -0.05) is 18.2 Å². The van der Waals surface area contributed by atoms with Gasteiger partial charge in [0, 0.05) is 0 Å². The molecule has 0 amide bonds. The zero-order valence-corrected chi connectivity index (χ0v) is 9.96. The molecular weight excluding hydrogens is 211 g/mol. The van der Waals surface area contributed by atoms with Gasteiger partial charge in [0.1, 0.15) is 0 Å². The standard InChI is InChI=1S/C10H17N2O2P/c1-8-4-3-5-10(9(8)2)6-7-14-15(11,12)13/h3-5H,6-7H2,1-2H3,(H4,11,12,13). The fraction of sp³-hybridized carbons (Fsp3) is 0.400. The Bertz CT molecular complexity index is 387. The Morgan fingerprint density at radius 2 is 2.00 bits per heavy atom. The minimum atomic E-state index is -3.33. The molecule has 15 heavy (non-hydrogen) atoms. The molecule has 5 heteroatoms. The third kappa shape index (κ3) is 4.14. The van der Waals surface area contributed by atoms with Crippen LogP contribution in [-0.4, -0.2) is 6.61 Å². The van der Waals surface area contributed by atoms with Crippen LogP contribution in [0, 0.1) is 13.8 Å². The van der Waals surface area contributed by atoms with Crippen molar-refractivity contribution >= 4 is 7.67 Å². The van der Waals surface area contributed by atoms with E-state index >= 15 is 0 Å². The van der Waals surface area contributed by atoms with E-state index in [0.717, 1.165) is 0 Å². The van der Waals surface area contributed by atoms with E-state index in [1.165, 1.54) is 16.7 Å². The van der Waals surface area contributed by atoms with Gasteiger partial charge in [-0.3, -0.25) is 4.57 Å². The summed E-state index contributed by atoms with van der Waals surface area (Å²) >= 11 is 0. The Hall–Kier alpha value is -0.670. The number of rotatable bonds is 4. The van der Waals surface area contributed by atoms with E-state index in [2.05, 4.69) is 19.9 Å². The number of aryl methyl sites for hydroxylation is 1.